The van der Waals surface area contributed by atoms with Crippen LogP contribution in [0.4, 0.5) is 0 Å². The van der Waals surface area contributed by atoms with Gasteiger partial charge >= 0.3 is 0 Å². The van der Waals surface area contributed by atoms with Crippen molar-refractivity contribution >= 4 is 0 Å². The minimum Gasteiger partial charge on any atom is -0.502 e. The number of aliphatic hydroxyl groups is 2. The molecule has 0 amide bonds. The van der Waals surface area contributed by atoms with Gasteiger partial charge in [-0.2, -0.15) is 0 Å². The number of aromatic nitrogens is 2. The Morgan fingerprint density at radius 3 is 2.36 bits per heavy atom. The van der Waals surface area contributed by atoms with Gasteiger partial charge in [0, 0.05) is 30.3 Å². The molecule has 4 N–H and O–H groups in total. The molecule has 2 heterocycles. The van der Waals surface area contributed by atoms with E-state index in [9.17, 15) is 15.0 Å². The molecule has 1 aliphatic heterocycles. The number of H-pyrrole nitrogens is 1. The third-order valence-corrected chi connectivity index (χ3v) is 6.08. The van der Waals surface area contributed by atoms with Crippen molar-refractivity contribution in [3.8, 4) is 23.3 Å². The average molecular weight is 491 g/mol. The average Bonchev–Trinajstić information content (AvgIpc) is 3.21. The third kappa shape index (κ3) is 5.75. The molecular formula is C27H30N4O5. The van der Waals surface area contributed by atoms with E-state index in [1.54, 1.807) is 4.90 Å². The Kier molecular flexibility index (Phi) is 8.03. The summed E-state index contributed by atoms with van der Waals surface area (Å²) in [6.45, 7) is 4.91. The lowest BCUT2D eigenvalue weighted by Crippen LogP contribution is -2.42. The number of hydrogen-bond donors (Lipinski definition) is 4. The molecule has 2 atom stereocenters. The third-order valence-electron chi connectivity index (χ3n) is 6.08. The molecule has 9 heteroatoms. The van der Waals surface area contributed by atoms with E-state index in [-0.39, 0.29) is 37.5 Å². The topological polar surface area (TPSA) is 122 Å². The number of aromatic hydroxyl groups is 1. The molecule has 3 aromatic rings. The second-order valence-electron chi connectivity index (χ2n) is 8.83. The Hall–Kier alpha value is -3.68. The quantitative estimate of drug-likeness (QED) is 0.370. The van der Waals surface area contributed by atoms with Crippen LogP contribution in [0.15, 0.2) is 59.7 Å². The van der Waals surface area contributed by atoms with E-state index in [2.05, 4.69) is 21.8 Å². The summed E-state index contributed by atoms with van der Waals surface area (Å²) in [6, 6.07) is 15.3. The molecule has 2 unspecified atom stereocenters. The fourth-order valence-corrected chi connectivity index (χ4v) is 4.28. The van der Waals surface area contributed by atoms with Gasteiger partial charge in [0.15, 0.2) is 6.35 Å². The first-order valence-electron chi connectivity index (χ1n) is 11.8. The summed E-state index contributed by atoms with van der Waals surface area (Å²) in [4.78, 5) is 21.9. The summed E-state index contributed by atoms with van der Waals surface area (Å²) < 4.78 is 5.37. The minimum atomic E-state index is -0.890. The second-order valence-corrected chi connectivity index (χ2v) is 8.83. The van der Waals surface area contributed by atoms with Crippen LogP contribution >= 0.6 is 0 Å². The highest BCUT2D eigenvalue weighted by Gasteiger charge is 2.40. The highest BCUT2D eigenvalue weighted by Crippen LogP contribution is 2.34. The zero-order valence-electron chi connectivity index (χ0n) is 20.3. The number of ether oxygens (including phenoxy) is 1. The number of nitrogens with zero attached hydrogens (tertiary/aromatic N) is 3. The van der Waals surface area contributed by atoms with Gasteiger partial charge in [0.1, 0.15) is 18.1 Å². The molecule has 0 aliphatic carbocycles. The van der Waals surface area contributed by atoms with Crippen molar-refractivity contribution in [2.75, 3.05) is 19.8 Å². The molecule has 1 aliphatic rings. The Morgan fingerprint density at radius 1 is 1.11 bits per heavy atom. The number of benzene rings is 2. The summed E-state index contributed by atoms with van der Waals surface area (Å²) in [5.41, 5.74) is 2.37. The summed E-state index contributed by atoms with van der Waals surface area (Å²) in [5, 5.41) is 29.9. The van der Waals surface area contributed by atoms with Gasteiger partial charge in [-0.15, -0.1) is 0 Å². The molecule has 0 bridgehead atoms. The number of aromatic amines is 1. The van der Waals surface area contributed by atoms with Crippen LogP contribution in [0.3, 0.4) is 0 Å². The van der Waals surface area contributed by atoms with Crippen LogP contribution in [-0.2, 0) is 6.54 Å². The fourth-order valence-electron chi connectivity index (χ4n) is 4.28. The standard InChI is InChI=1S/C27H30N4O5/c1-18(2)31-24(16-30(27(31)35)15-23-25(33)26(34)29-17-28-23)21-9-5-19(6-10-21)3-4-20-7-11-22(12-8-20)36-14-13-32/h5-12,17-18,24,27,32-33,35H,13-16H2,1-2H3,(H,28,29,34). The summed E-state index contributed by atoms with van der Waals surface area (Å²) in [6.07, 6.45) is 0.357. The maximum absolute atomic E-state index is 11.7. The summed E-state index contributed by atoms with van der Waals surface area (Å²) in [7, 11) is 0. The molecule has 9 nitrogen and oxygen atoms in total. The zero-order valence-corrected chi connectivity index (χ0v) is 20.3. The first kappa shape index (κ1) is 25.4. The van der Waals surface area contributed by atoms with Crippen molar-refractivity contribution in [1.82, 2.24) is 19.8 Å². The normalized spacial score (nSPS) is 18.2. The molecule has 36 heavy (non-hydrogen) atoms. The number of nitrogens with one attached hydrogen (secondary N) is 1. The maximum atomic E-state index is 11.7. The summed E-state index contributed by atoms with van der Waals surface area (Å²) >= 11 is 0. The Bertz CT molecular complexity index is 1280. The lowest BCUT2D eigenvalue weighted by molar-refractivity contribution is -0.0823. The van der Waals surface area contributed by atoms with Crippen molar-refractivity contribution in [2.45, 2.75) is 38.8 Å². The van der Waals surface area contributed by atoms with Gasteiger partial charge in [-0.25, -0.2) is 4.98 Å². The predicted octanol–water partition coefficient (Wildman–Crippen LogP) is 1.79. The fraction of sp³-hybridized carbons (Fsp3) is 0.333. The van der Waals surface area contributed by atoms with Crippen LogP contribution in [0, 0.1) is 11.8 Å². The van der Waals surface area contributed by atoms with E-state index in [4.69, 9.17) is 9.84 Å². The SMILES string of the molecule is CC(C)N1C(c2ccc(C#Cc3ccc(OCCO)cc3)cc2)CN(Cc2nc[nH]c(=O)c2O)C1O. The van der Waals surface area contributed by atoms with Crippen LogP contribution in [0.2, 0.25) is 0 Å². The molecule has 0 spiro atoms. The van der Waals surface area contributed by atoms with Crippen molar-refractivity contribution in [3.63, 3.8) is 0 Å². The highest BCUT2D eigenvalue weighted by atomic mass is 16.5. The van der Waals surface area contributed by atoms with E-state index in [0.29, 0.717) is 12.3 Å². The molecule has 1 fully saturated rings. The van der Waals surface area contributed by atoms with Crippen LogP contribution in [-0.4, -0.2) is 67.2 Å². The number of aliphatic hydroxyl groups excluding tert-OH is 2. The Labute approximate surface area is 209 Å². The first-order valence-corrected chi connectivity index (χ1v) is 11.8. The van der Waals surface area contributed by atoms with Gasteiger partial charge in [0.25, 0.3) is 5.56 Å². The van der Waals surface area contributed by atoms with Crippen molar-refractivity contribution < 1.29 is 20.1 Å². The van der Waals surface area contributed by atoms with Crippen LogP contribution in [0.25, 0.3) is 0 Å². The molecule has 0 saturated carbocycles. The van der Waals surface area contributed by atoms with Gasteiger partial charge in [0.05, 0.1) is 19.0 Å². The highest BCUT2D eigenvalue weighted by molar-refractivity contribution is 5.45. The van der Waals surface area contributed by atoms with E-state index in [1.165, 1.54) is 6.33 Å². The lowest BCUT2D eigenvalue weighted by Gasteiger charge is -2.31. The first-order chi connectivity index (χ1) is 17.4. The van der Waals surface area contributed by atoms with E-state index < -0.39 is 17.7 Å². The van der Waals surface area contributed by atoms with E-state index >= 15 is 0 Å². The number of rotatable bonds is 7. The largest absolute Gasteiger partial charge is 0.502 e. The molecule has 1 aromatic heterocycles. The van der Waals surface area contributed by atoms with Gasteiger partial charge < -0.3 is 25.0 Å². The Morgan fingerprint density at radius 2 is 1.75 bits per heavy atom. The minimum absolute atomic E-state index is 0.0285. The van der Waals surface area contributed by atoms with Crippen LogP contribution in [0.5, 0.6) is 11.5 Å². The monoisotopic (exact) mass is 490 g/mol. The predicted molar refractivity (Wildman–Crippen MR) is 134 cm³/mol. The van der Waals surface area contributed by atoms with Crippen molar-refractivity contribution in [3.05, 3.63) is 87.6 Å². The number of hydrogen-bond acceptors (Lipinski definition) is 8. The van der Waals surface area contributed by atoms with Crippen LogP contribution in [0.1, 0.15) is 42.3 Å². The van der Waals surface area contributed by atoms with Crippen molar-refractivity contribution in [2.24, 2.45) is 0 Å². The van der Waals surface area contributed by atoms with Gasteiger partial charge in [-0.3, -0.25) is 14.6 Å². The van der Waals surface area contributed by atoms with Gasteiger partial charge in [0.2, 0.25) is 5.75 Å². The Balaban J connectivity index is 1.48. The summed E-state index contributed by atoms with van der Waals surface area (Å²) in [5.74, 6) is 6.56. The molecule has 1 saturated heterocycles. The molecule has 188 valence electrons. The zero-order chi connectivity index (χ0) is 25.7. The van der Waals surface area contributed by atoms with Gasteiger partial charge in [-0.1, -0.05) is 24.0 Å². The van der Waals surface area contributed by atoms with Gasteiger partial charge in [-0.05, 0) is 55.8 Å². The molecule has 2 aromatic carbocycles. The lowest BCUT2D eigenvalue weighted by atomic mass is 10.0. The van der Waals surface area contributed by atoms with E-state index in [0.717, 1.165) is 16.7 Å². The van der Waals surface area contributed by atoms with E-state index in [1.807, 2.05) is 67.3 Å². The molecular weight excluding hydrogens is 460 g/mol. The smallest absolute Gasteiger partial charge is 0.293 e. The van der Waals surface area contributed by atoms with Crippen LogP contribution < -0.4 is 10.3 Å². The molecule has 0 radical (unpaired) electrons. The van der Waals surface area contributed by atoms with Crippen molar-refractivity contribution in [1.29, 1.82) is 0 Å². The second kappa shape index (κ2) is 11.4. The molecule has 4 rings (SSSR count). The maximum Gasteiger partial charge on any atom is 0.293 e.